The van der Waals surface area contributed by atoms with Gasteiger partial charge in [0, 0.05) is 12.8 Å². The lowest BCUT2D eigenvalue weighted by Gasteiger charge is -2.26. The number of hydrogen-bond donors (Lipinski definition) is 7. The van der Waals surface area contributed by atoms with E-state index in [1.165, 1.54) is 26.0 Å². The molecule has 8 N–H and O–H groups in total. The fourth-order valence-corrected chi connectivity index (χ4v) is 3.35. The van der Waals surface area contributed by atoms with E-state index in [1.54, 1.807) is 42.5 Å². The third-order valence-corrected chi connectivity index (χ3v) is 5.38. The van der Waals surface area contributed by atoms with Gasteiger partial charge in [0.25, 0.3) is 0 Å². The lowest BCUT2D eigenvalue weighted by Crippen LogP contribution is -2.59. The lowest BCUT2D eigenvalue weighted by molar-refractivity contribution is -0.145. The Morgan fingerprint density at radius 2 is 1.25 bits per heavy atom. The molecule has 11 nitrogen and oxygen atoms in total. The third-order valence-electron chi connectivity index (χ3n) is 5.38. The van der Waals surface area contributed by atoms with Gasteiger partial charge < -0.3 is 37.0 Å². The number of phenols is 1. The maximum Gasteiger partial charge on any atom is 0.328 e. The topological polar surface area (TPSA) is 191 Å². The summed E-state index contributed by atoms with van der Waals surface area (Å²) in [6, 6.07) is 9.98. The first-order valence-corrected chi connectivity index (χ1v) is 11.4. The molecule has 0 fully saturated rings. The lowest BCUT2D eigenvalue weighted by atomic mass is 10.0. The highest BCUT2D eigenvalue weighted by Gasteiger charge is 2.32. The summed E-state index contributed by atoms with van der Waals surface area (Å²) in [6.07, 6.45) is -1.32. The van der Waals surface area contributed by atoms with Crippen LogP contribution in [0, 0.1) is 0 Å². The number of carbonyl (C=O) groups excluding carboxylic acids is 3. The van der Waals surface area contributed by atoms with Gasteiger partial charge in [-0.1, -0.05) is 42.5 Å². The van der Waals surface area contributed by atoms with E-state index in [0.717, 1.165) is 0 Å². The van der Waals surface area contributed by atoms with E-state index in [1.807, 2.05) is 0 Å². The summed E-state index contributed by atoms with van der Waals surface area (Å²) in [5.74, 6) is -3.50. The molecule has 2 rings (SSSR count). The Hall–Kier alpha value is -3.96. The fraction of sp³-hybridized carbons (Fsp3) is 0.360. The van der Waals surface area contributed by atoms with Crippen molar-refractivity contribution in [3.63, 3.8) is 0 Å². The van der Waals surface area contributed by atoms with Crippen LogP contribution in [0.3, 0.4) is 0 Å². The predicted octanol–water partition coefficient (Wildman–Crippen LogP) is -0.556. The summed E-state index contributed by atoms with van der Waals surface area (Å²) < 4.78 is 0. The second kappa shape index (κ2) is 13.2. The number of aromatic hydroxyl groups is 1. The van der Waals surface area contributed by atoms with Crippen LogP contribution in [0.1, 0.15) is 25.0 Å². The van der Waals surface area contributed by atoms with Crippen LogP contribution in [-0.4, -0.2) is 69.3 Å². The number of carboxylic acids is 1. The number of aliphatic carboxylic acids is 1. The number of nitrogens with two attached hydrogens (primary N) is 1. The van der Waals surface area contributed by atoms with E-state index < -0.39 is 54.0 Å². The molecule has 0 radical (unpaired) electrons. The molecule has 3 amide bonds. The Morgan fingerprint density at radius 3 is 1.72 bits per heavy atom. The summed E-state index contributed by atoms with van der Waals surface area (Å²) in [5, 5.41) is 36.0. The minimum absolute atomic E-state index is 0.0255. The van der Waals surface area contributed by atoms with Crippen LogP contribution < -0.4 is 21.7 Å². The Labute approximate surface area is 208 Å². The van der Waals surface area contributed by atoms with Gasteiger partial charge in [0.15, 0.2) is 6.04 Å². The van der Waals surface area contributed by atoms with Gasteiger partial charge in [0.05, 0.1) is 12.1 Å². The molecule has 5 atom stereocenters. The number of hydrogen-bond acceptors (Lipinski definition) is 7. The molecule has 0 aliphatic rings. The molecular formula is C25H32N4O7. The first-order valence-electron chi connectivity index (χ1n) is 11.4. The molecule has 0 saturated carbocycles. The summed E-state index contributed by atoms with van der Waals surface area (Å²) in [6.45, 7) is 2.68. The Morgan fingerprint density at radius 1 is 0.778 bits per heavy atom. The van der Waals surface area contributed by atoms with E-state index in [2.05, 4.69) is 16.0 Å². The third kappa shape index (κ3) is 8.67. The second-order valence-electron chi connectivity index (χ2n) is 8.54. The largest absolute Gasteiger partial charge is 0.508 e. The van der Waals surface area contributed by atoms with Gasteiger partial charge in [0.2, 0.25) is 17.7 Å². The first kappa shape index (κ1) is 28.3. The zero-order valence-electron chi connectivity index (χ0n) is 20.0. The predicted molar refractivity (Wildman–Crippen MR) is 131 cm³/mol. The van der Waals surface area contributed by atoms with Crippen molar-refractivity contribution in [2.45, 2.75) is 57.0 Å². The quantitative estimate of drug-likeness (QED) is 0.202. The zero-order valence-corrected chi connectivity index (χ0v) is 20.0. The molecule has 0 aliphatic heterocycles. The summed E-state index contributed by atoms with van der Waals surface area (Å²) in [5.41, 5.74) is 6.96. The van der Waals surface area contributed by atoms with Crippen molar-refractivity contribution >= 4 is 23.7 Å². The molecule has 0 spiro atoms. The van der Waals surface area contributed by atoms with Crippen LogP contribution in [0.2, 0.25) is 0 Å². The van der Waals surface area contributed by atoms with Crippen molar-refractivity contribution in [3.8, 4) is 5.75 Å². The molecule has 2 aromatic carbocycles. The molecule has 194 valence electrons. The van der Waals surface area contributed by atoms with Crippen molar-refractivity contribution in [2.24, 2.45) is 5.73 Å². The van der Waals surface area contributed by atoms with Gasteiger partial charge in [-0.2, -0.15) is 0 Å². The van der Waals surface area contributed by atoms with Gasteiger partial charge in [-0.25, -0.2) is 4.79 Å². The minimum Gasteiger partial charge on any atom is -0.508 e. The number of phenolic OH excluding ortho intramolecular Hbond substituents is 1. The van der Waals surface area contributed by atoms with E-state index in [9.17, 15) is 34.5 Å². The van der Waals surface area contributed by atoms with E-state index in [4.69, 9.17) is 5.73 Å². The van der Waals surface area contributed by atoms with Crippen molar-refractivity contribution in [3.05, 3.63) is 65.7 Å². The first-order chi connectivity index (χ1) is 17.0. The molecule has 0 bridgehead atoms. The Balaban J connectivity index is 2.30. The summed E-state index contributed by atoms with van der Waals surface area (Å²) in [4.78, 5) is 50.0. The number of amides is 3. The number of carbonyl (C=O) groups is 4. The van der Waals surface area contributed by atoms with E-state index in [0.29, 0.717) is 11.1 Å². The molecule has 11 heteroatoms. The number of aliphatic hydroxyl groups is 1. The number of rotatable bonds is 12. The van der Waals surface area contributed by atoms with Crippen LogP contribution >= 0.6 is 0 Å². The van der Waals surface area contributed by atoms with E-state index in [-0.39, 0.29) is 18.6 Å². The summed E-state index contributed by atoms with van der Waals surface area (Å²) in [7, 11) is 0. The minimum atomic E-state index is -1.58. The maximum absolute atomic E-state index is 13.3. The number of nitrogens with one attached hydrogen (secondary N) is 3. The molecule has 0 heterocycles. The number of benzene rings is 2. The van der Waals surface area contributed by atoms with Crippen LogP contribution in [0.25, 0.3) is 0 Å². The van der Waals surface area contributed by atoms with Crippen LogP contribution in [0.15, 0.2) is 54.6 Å². The Kier molecular flexibility index (Phi) is 10.4. The molecule has 36 heavy (non-hydrogen) atoms. The second-order valence-corrected chi connectivity index (χ2v) is 8.54. The van der Waals surface area contributed by atoms with Gasteiger partial charge in [-0.05, 0) is 37.1 Å². The zero-order chi connectivity index (χ0) is 26.8. The highest BCUT2D eigenvalue weighted by Crippen LogP contribution is 2.12. The maximum atomic E-state index is 13.3. The highest BCUT2D eigenvalue weighted by atomic mass is 16.4. The fourth-order valence-electron chi connectivity index (χ4n) is 3.35. The monoisotopic (exact) mass is 500 g/mol. The van der Waals surface area contributed by atoms with Crippen molar-refractivity contribution in [2.75, 3.05) is 0 Å². The van der Waals surface area contributed by atoms with E-state index >= 15 is 0 Å². The molecule has 0 saturated heterocycles. The normalized spacial score (nSPS) is 15.0. The van der Waals surface area contributed by atoms with Crippen LogP contribution in [-0.2, 0) is 32.0 Å². The van der Waals surface area contributed by atoms with Gasteiger partial charge in [-0.3, -0.25) is 14.4 Å². The average molecular weight is 501 g/mol. The van der Waals surface area contributed by atoms with Crippen LogP contribution in [0.5, 0.6) is 5.75 Å². The highest BCUT2D eigenvalue weighted by molar-refractivity contribution is 5.94. The SMILES string of the molecule is CC(N)C(=O)NC(Cc1ccc(O)cc1)C(=O)NC(Cc1ccccc1)C(=O)NC(C(=O)O)C(C)O. The van der Waals surface area contributed by atoms with Crippen molar-refractivity contribution in [1.29, 1.82) is 0 Å². The number of aliphatic hydroxyl groups excluding tert-OH is 1. The number of carboxylic acid groups (broad SMARTS) is 1. The van der Waals surface area contributed by atoms with Gasteiger partial charge >= 0.3 is 5.97 Å². The van der Waals surface area contributed by atoms with Crippen molar-refractivity contribution in [1.82, 2.24) is 16.0 Å². The molecule has 0 aromatic heterocycles. The standard InChI is InChI=1S/C25H32N4O7/c1-14(26)22(32)27-19(13-17-8-10-18(31)11-9-17)23(33)28-20(12-16-6-4-3-5-7-16)24(34)29-21(15(2)30)25(35)36/h3-11,14-15,19-21,30-31H,12-13,26H2,1-2H3,(H,27,32)(H,28,33)(H,29,34)(H,35,36). The smallest absolute Gasteiger partial charge is 0.328 e. The molecule has 5 unspecified atom stereocenters. The average Bonchev–Trinajstić information content (AvgIpc) is 2.82. The molecule has 0 aliphatic carbocycles. The van der Waals surface area contributed by atoms with Crippen LogP contribution in [0.4, 0.5) is 0 Å². The molecule has 2 aromatic rings. The Bertz CT molecular complexity index is 1040. The van der Waals surface area contributed by atoms with Crippen molar-refractivity contribution < 1.29 is 34.5 Å². The van der Waals surface area contributed by atoms with Gasteiger partial charge in [-0.15, -0.1) is 0 Å². The van der Waals surface area contributed by atoms with Gasteiger partial charge in [0.1, 0.15) is 17.8 Å². The summed E-state index contributed by atoms with van der Waals surface area (Å²) >= 11 is 0. The molecular weight excluding hydrogens is 468 g/mol.